The van der Waals surface area contributed by atoms with Crippen molar-refractivity contribution in [3.8, 4) is 0 Å². The van der Waals surface area contributed by atoms with Crippen LogP contribution in [0.2, 0.25) is 0 Å². The Bertz CT molecular complexity index is 581. The molecule has 0 aliphatic heterocycles. The van der Waals surface area contributed by atoms with Crippen LogP contribution in [0.5, 0.6) is 0 Å². The van der Waals surface area contributed by atoms with Gasteiger partial charge < -0.3 is 0 Å². The van der Waals surface area contributed by atoms with Gasteiger partial charge in [-0.1, -0.05) is 60.7 Å². The molecule has 20 heavy (non-hydrogen) atoms. The monoisotopic (exact) mass is 264 g/mol. The molecule has 1 heterocycles. The molecule has 4 heteroatoms. The van der Waals surface area contributed by atoms with E-state index in [0.29, 0.717) is 6.54 Å². The lowest BCUT2D eigenvalue weighted by Crippen LogP contribution is -2.22. The van der Waals surface area contributed by atoms with Crippen molar-refractivity contribution in [3.05, 3.63) is 83.9 Å². The highest BCUT2D eigenvalue weighted by molar-refractivity contribution is 5.31. The summed E-state index contributed by atoms with van der Waals surface area (Å²) in [6.07, 6.45) is 1.52. The Balaban J connectivity index is 1.84. The predicted octanol–water partition coefficient (Wildman–Crippen LogP) is 2.68. The van der Waals surface area contributed by atoms with Crippen molar-refractivity contribution in [3.63, 3.8) is 0 Å². The fourth-order valence-corrected chi connectivity index (χ4v) is 2.23. The van der Waals surface area contributed by atoms with Gasteiger partial charge in [-0.15, -0.1) is 0 Å². The van der Waals surface area contributed by atoms with Gasteiger partial charge in [-0.25, -0.2) is 4.98 Å². The molecule has 0 spiro atoms. The summed E-state index contributed by atoms with van der Waals surface area (Å²) in [4.78, 5) is 4.15. The number of H-pyrrole nitrogens is 1. The largest absolute Gasteiger partial charge is 0.299 e. The summed E-state index contributed by atoms with van der Waals surface area (Å²) in [5.41, 5.74) is 2.47. The smallest absolute Gasteiger partial charge is 0.138 e. The highest BCUT2D eigenvalue weighted by atomic mass is 15.2. The lowest BCUT2D eigenvalue weighted by molar-refractivity contribution is 0.588. The van der Waals surface area contributed by atoms with Crippen molar-refractivity contribution in [2.24, 2.45) is 0 Å². The zero-order chi connectivity index (χ0) is 13.6. The van der Waals surface area contributed by atoms with E-state index in [2.05, 4.69) is 69.0 Å². The first-order chi connectivity index (χ1) is 9.93. The van der Waals surface area contributed by atoms with Gasteiger partial charge in [0, 0.05) is 0 Å². The van der Waals surface area contributed by atoms with Gasteiger partial charge in [-0.05, 0) is 11.1 Å². The highest BCUT2D eigenvalue weighted by Crippen LogP contribution is 2.21. The standard InChI is InChI=1S/C16H16N4/c1-3-7-13(8-4-1)16(14-9-5-2-6-10-14)17-11-15-18-12-19-20-15/h1-10,12,16-17H,11H2,(H,18,19,20). The molecule has 0 fully saturated rings. The Hall–Kier alpha value is -2.46. The minimum absolute atomic E-state index is 0.141. The zero-order valence-electron chi connectivity index (χ0n) is 11.0. The summed E-state index contributed by atoms with van der Waals surface area (Å²) in [6, 6.07) is 20.9. The van der Waals surface area contributed by atoms with Gasteiger partial charge in [-0.3, -0.25) is 10.4 Å². The Morgan fingerprint density at radius 3 is 2.00 bits per heavy atom. The van der Waals surface area contributed by atoms with Crippen molar-refractivity contribution in [2.75, 3.05) is 0 Å². The molecule has 100 valence electrons. The van der Waals surface area contributed by atoms with Crippen LogP contribution in [-0.2, 0) is 6.54 Å². The molecule has 0 aliphatic carbocycles. The van der Waals surface area contributed by atoms with E-state index in [1.54, 1.807) is 0 Å². The normalized spacial score (nSPS) is 10.8. The summed E-state index contributed by atoms with van der Waals surface area (Å²) in [5, 5.41) is 10.3. The number of nitrogens with one attached hydrogen (secondary N) is 2. The van der Waals surface area contributed by atoms with Crippen molar-refractivity contribution in [1.82, 2.24) is 20.5 Å². The van der Waals surface area contributed by atoms with E-state index < -0.39 is 0 Å². The molecule has 1 aromatic heterocycles. The first-order valence-corrected chi connectivity index (χ1v) is 6.61. The van der Waals surface area contributed by atoms with Gasteiger partial charge in [0.2, 0.25) is 0 Å². The van der Waals surface area contributed by atoms with E-state index in [1.807, 2.05) is 12.1 Å². The van der Waals surface area contributed by atoms with Crippen molar-refractivity contribution in [2.45, 2.75) is 12.6 Å². The third kappa shape index (κ3) is 2.92. The van der Waals surface area contributed by atoms with Crippen LogP contribution in [0.4, 0.5) is 0 Å². The van der Waals surface area contributed by atoms with Crippen LogP contribution in [0.3, 0.4) is 0 Å². The minimum atomic E-state index is 0.141. The molecular formula is C16H16N4. The van der Waals surface area contributed by atoms with Gasteiger partial charge in [-0.2, -0.15) is 5.10 Å². The maximum atomic E-state index is 4.15. The molecular weight excluding hydrogens is 248 g/mol. The Kier molecular flexibility index (Phi) is 3.85. The second-order valence-corrected chi connectivity index (χ2v) is 4.57. The maximum Gasteiger partial charge on any atom is 0.138 e. The third-order valence-corrected chi connectivity index (χ3v) is 3.20. The summed E-state index contributed by atoms with van der Waals surface area (Å²) < 4.78 is 0. The molecule has 0 saturated heterocycles. The van der Waals surface area contributed by atoms with E-state index in [0.717, 1.165) is 5.82 Å². The molecule has 0 atom stereocenters. The fourth-order valence-electron chi connectivity index (χ4n) is 2.23. The second-order valence-electron chi connectivity index (χ2n) is 4.57. The number of benzene rings is 2. The molecule has 0 amide bonds. The number of aromatic amines is 1. The average molecular weight is 264 g/mol. The number of rotatable bonds is 5. The molecule has 3 aromatic rings. The van der Waals surface area contributed by atoms with Gasteiger partial charge in [0.25, 0.3) is 0 Å². The van der Waals surface area contributed by atoms with Gasteiger partial charge in [0.05, 0.1) is 12.6 Å². The van der Waals surface area contributed by atoms with Crippen LogP contribution in [0.15, 0.2) is 67.0 Å². The average Bonchev–Trinajstić information content (AvgIpc) is 3.03. The van der Waals surface area contributed by atoms with Crippen LogP contribution in [0, 0.1) is 0 Å². The predicted molar refractivity (Wildman–Crippen MR) is 77.9 cm³/mol. The number of nitrogens with zero attached hydrogens (tertiary/aromatic N) is 2. The first kappa shape index (κ1) is 12.6. The number of hydrogen-bond acceptors (Lipinski definition) is 3. The van der Waals surface area contributed by atoms with Gasteiger partial charge in [0.15, 0.2) is 0 Å². The Morgan fingerprint density at radius 2 is 1.50 bits per heavy atom. The summed E-state index contributed by atoms with van der Waals surface area (Å²) in [6.45, 7) is 0.647. The van der Waals surface area contributed by atoms with Crippen LogP contribution < -0.4 is 5.32 Å². The molecule has 0 radical (unpaired) electrons. The Morgan fingerprint density at radius 1 is 0.900 bits per heavy atom. The van der Waals surface area contributed by atoms with E-state index >= 15 is 0 Å². The van der Waals surface area contributed by atoms with Crippen molar-refractivity contribution in [1.29, 1.82) is 0 Å². The van der Waals surface area contributed by atoms with E-state index in [-0.39, 0.29) is 6.04 Å². The van der Waals surface area contributed by atoms with Crippen molar-refractivity contribution >= 4 is 0 Å². The molecule has 0 saturated carbocycles. The van der Waals surface area contributed by atoms with Crippen LogP contribution >= 0.6 is 0 Å². The number of hydrogen-bond donors (Lipinski definition) is 2. The summed E-state index contributed by atoms with van der Waals surface area (Å²) in [5.74, 6) is 0.835. The highest BCUT2D eigenvalue weighted by Gasteiger charge is 2.13. The fraction of sp³-hybridized carbons (Fsp3) is 0.125. The minimum Gasteiger partial charge on any atom is -0.299 e. The Labute approximate surface area is 117 Å². The summed E-state index contributed by atoms with van der Waals surface area (Å²) in [7, 11) is 0. The third-order valence-electron chi connectivity index (χ3n) is 3.20. The van der Waals surface area contributed by atoms with Gasteiger partial charge >= 0.3 is 0 Å². The molecule has 4 nitrogen and oxygen atoms in total. The van der Waals surface area contributed by atoms with E-state index in [4.69, 9.17) is 0 Å². The molecule has 2 N–H and O–H groups in total. The molecule has 0 unspecified atom stereocenters. The van der Waals surface area contributed by atoms with Crippen LogP contribution in [-0.4, -0.2) is 15.2 Å². The van der Waals surface area contributed by atoms with Crippen LogP contribution in [0.1, 0.15) is 23.0 Å². The topological polar surface area (TPSA) is 53.6 Å². The zero-order valence-corrected chi connectivity index (χ0v) is 11.0. The second kappa shape index (κ2) is 6.12. The molecule has 0 aliphatic rings. The summed E-state index contributed by atoms with van der Waals surface area (Å²) >= 11 is 0. The molecule has 0 bridgehead atoms. The van der Waals surface area contributed by atoms with Crippen molar-refractivity contribution < 1.29 is 0 Å². The quantitative estimate of drug-likeness (QED) is 0.745. The maximum absolute atomic E-state index is 4.15. The SMILES string of the molecule is c1ccc(C(NCc2ncn[nH]2)c2ccccc2)cc1. The molecule has 2 aromatic carbocycles. The van der Waals surface area contributed by atoms with E-state index in [9.17, 15) is 0 Å². The molecule has 3 rings (SSSR count). The first-order valence-electron chi connectivity index (χ1n) is 6.61. The lowest BCUT2D eigenvalue weighted by Gasteiger charge is -2.19. The lowest BCUT2D eigenvalue weighted by atomic mass is 9.99. The van der Waals surface area contributed by atoms with Crippen LogP contribution in [0.25, 0.3) is 0 Å². The van der Waals surface area contributed by atoms with E-state index in [1.165, 1.54) is 17.5 Å². The van der Waals surface area contributed by atoms with Gasteiger partial charge in [0.1, 0.15) is 12.2 Å². The number of aromatic nitrogens is 3.